The second kappa shape index (κ2) is 8.36. The first-order valence-corrected chi connectivity index (χ1v) is 11.3. The van der Waals surface area contributed by atoms with E-state index in [1.54, 1.807) is 11.3 Å². The molecule has 0 radical (unpaired) electrons. The molecule has 154 valence electrons. The van der Waals surface area contributed by atoms with Crippen LogP contribution in [-0.4, -0.2) is 9.97 Å². The smallest absolute Gasteiger partial charge is 0.295 e. The van der Waals surface area contributed by atoms with Crippen molar-refractivity contribution in [2.45, 2.75) is 26.3 Å². The third kappa shape index (κ3) is 4.23. The molecule has 3 aromatic carbocycles. The van der Waals surface area contributed by atoms with Gasteiger partial charge < -0.3 is 9.73 Å². The number of hydrogen-bond acceptors (Lipinski definition) is 5. The number of rotatable bonds is 6. The van der Waals surface area contributed by atoms with Crippen LogP contribution in [0.2, 0.25) is 0 Å². The molecule has 2 heterocycles. The fourth-order valence-electron chi connectivity index (χ4n) is 3.47. The van der Waals surface area contributed by atoms with Gasteiger partial charge in [0.1, 0.15) is 10.5 Å². The first-order valence-electron chi connectivity index (χ1n) is 10.4. The fraction of sp³-hybridized carbons (Fsp3) is 0.154. The van der Waals surface area contributed by atoms with Crippen LogP contribution in [0.25, 0.3) is 32.9 Å². The lowest BCUT2D eigenvalue weighted by atomic mass is 10.0. The van der Waals surface area contributed by atoms with Gasteiger partial charge in [0, 0.05) is 23.1 Å². The van der Waals surface area contributed by atoms with E-state index >= 15 is 0 Å². The Kier molecular flexibility index (Phi) is 5.26. The van der Waals surface area contributed by atoms with Gasteiger partial charge in [0.2, 0.25) is 0 Å². The topological polar surface area (TPSA) is 51.0 Å². The van der Waals surface area contributed by atoms with Crippen LogP contribution in [0.1, 0.15) is 30.9 Å². The monoisotopic (exact) mass is 425 g/mol. The highest BCUT2D eigenvalue weighted by Crippen LogP contribution is 2.29. The Morgan fingerprint density at radius 1 is 0.903 bits per heavy atom. The summed E-state index contributed by atoms with van der Waals surface area (Å²) in [4.78, 5) is 9.38. The molecule has 0 unspecified atom stereocenters. The summed E-state index contributed by atoms with van der Waals surface area (Å²) in [6, 6.07) is 25.5. The van der Waals surface area contributed by atoms with E-state index < -0.39 is 0 Å². The number of aromatic nitrogens is 2. The van der Waals surface area contributed by atoms with Crippen molar-refractivity contribution < 1.29 is 4.42 Å². The van der Waals surface area contributed by atoms with Crippen LogP contribution in [0.4, 0.5) is 6.01 Å². The summed E-state index contributed by atoms with van der Waals surface area (Å²) in [6.07, 6.45) is 0. The lowest BCUT2D eigenvalue weighted by Crippen LogP contribution is -1.99. The SMILES string of the molecule is CC(C)c1ccc2oc(NCc3ccc(-c4nc(-c5ccccc5)cs4)cc3)nc2c1. The molecule has 0 bridgehead atoms. The molecular weight excluding hydrogens is 402 g/mol. The van der Waals surface area contributed by atoms with Gasteiger partial charge in [-0.1, -0.05) is 74.5 Å². The highest BCUT2D eigenvalue weighted by Gasteiger charge is 2.09. The van der Waals surface area contributed by atoms with E-state index in [0.717, 1.165) is 38.5 Å². The van der Waals surface area contributed by atoms with Crippen molar-refractivity contribution in [1.29, 1.82) is 0 Å². The van der Waals surface area contributed by atoms with Crippen molar-refractivity contribution in [3.8, 4) is 21.8 Å². The van der Waals surface area contributed by atoms with Gasteiger partial charge in [0.25, 0.3) is 6.01 Å². The first-order chi connectivity index (χ1) is 15.2. The predicted molar refractivity (Wildman–Crippen MR) is 128 cm³/mol. The highest BCUT2D eigenvalue weighted by molar-refractivity contribution is 7.13. The minimum atomic E-state index is 0.470. The minimum Gasteiger partial charge on any atom is -0.424 e. The molecule has 0 saturated heterocycles. The second-order valence-electron chi connectivity index (χ2n) is 7.86. The largest absolute Gasteiger partial charge is 0.424 e. The summed E-state index contributed by atoms with van der Waals surface area (Å²) >= 11 is 1.67. The molecule has 0 aliphatic carbocycles. The van der Waals surface area contributed by atoms with Crippen molar-refractivity contribution in [3.05, 3.63) is 89.3 Å². The van der Waals surface area contributed by atoms with Crippen LogP contribution < -0.4 is 5.32 Å². The average molecular weight is 426 g/mol. The molecule has 4 nitrogen and oxygen atoms in total. The van der Waals surface area contributed by atoms with Crippen molar-refractivity contribution in [3.63, 3.8) is 0 Å². The van der Waals surface area contributed by atoms with Crippen LogP contribution >= 0.6 is 11.3 Å². The molecule has 0 fully saturated rings. The van der Waals surface area contributed by atoms with E-state index in [-0.39, 0.29) is 0 Å². The number of anilines is 1. The lowest BCUT2D eigenvalue weighted by Gasteiger charge is -2.03. The highest BCUT2D eigenvalue weighted by atomic mass is 32.1. The molecule has 31 heavy (non-hydrogen) atoms. The molecule has 5 heteroatoms. The summed E-state index contributed by atoms with van der Waals surface area (Å²) in [6.45, 7) is 5.01. The fourth-order valence-corrected chi connectivity index (χ4v) is 4.31. The summed E-state index contributed by atoms with van der Waals surface area (Å²) < 4.78 is 5.83. The summed E-state index contributed by atoms with van der Waals surface area (Å²) in [7, 11) is 0. The van der Waals surface area contributed by atoms with Crippen molar-refractivity contribution in [2.75, 3.05) is 5.32 Å². The standard InChI is InChI=1S/C26H23N3OS/c1-17(2)21-12-13-24-22(14-21)29-26(30-24)27-15-18-8-10-20(11-9-18)25-28-23(16-31-25)19-6-4-3-5-7-19/h3-14,16-17H,15H2,1-2H3,(H,27,29). The Labute approximate surface area is 185 Å². The van der Waals surface area contributed by atoms with Gasteiger partial charge in [-0.15, -0.1) is 11.3 Å². The zero-order valence-electron chi connectivity index (χ0n) is 17.5. The summed E-state index contributed by atoms with van der Waals surface area (Å²) in [5.74, 6) is 0.470. The third-order valence-corrected chi connectivity index (χ3v) is 6.19. The quantitative estimate of drug-likeness (QED) is 0.309. The predicted octanol–water partition coefficient (Wildman–Crippen LogP) is 7.35. The zero-order chi connectivity index (χ0) is 21.2. The molecule has 0 saturated carbocycles. The van der Waals surface area contributed by atoms with Crippen LogP contribution in [0, 0.1) is 0 Å². The second-order valence-corrected chi connectivity index (χ2v) is 8.71. The maximum absolute atomic E-state index is 5.83. The van der Waals surface area contributed by atoms with Crippen molar-refractivity contribution in [1.82, 2.24) is 9.97 Å². The first kappa shape index (κ1) is 19.5. The number of fused-ring (bicyclic) bond motifs is 1. The number of nitrogens with one attached hydrogen (secondary N) is 1. The van der Waals surface area contributed by atoms with Crippen molar-refractivity contribution >= 4 is 28.5 Å². The Morgan fingerprint density at radius 2 is 1.71 bits per heavy atom. The molecule has 0 amide bonds. The molecule has 5 rings (SSSR count). The number of oxazole rings is 1. The molecule has 1 N–H and O–H groups in total. The molecule has 0 spiro atoms. The van der Waals surface area contributed by atoms with Gasteiger partial charge in [-0.2, -0.15) is 4.98 Å². The van der Waals surface area contributed by atoms with E-state index in [1.807, 2.05) is 24.3 Å². The van der Waals surface area contributed by atoms with E-state index in [1.165, 1.54) is 5.56 Å². The maximum atomic E-state index is 5.83. The van der Waals surface area contributed by atoms with Gasteiger partial charge in [0.15, 0.2) is 5.58 Å². The number of nitrogens with zero attached hydrogens (tertiary/aromatic N) is 2. The molecule has 5 aromatic rings. The third-order valence-electron chi connectivity index (χ3n) is 5.30. The Bertz CT molecular complexity index is 1300. The van der Waals surface area contributed by atoms with Gasteiger partial charge in [-0.3, -0.25) is 0 Å². The number of hydrogen-bond donors (Lipinski definition) is 1. The molecule has 0 atom stereocenters. The van der Waals surface area contributed by atoms with E-state index in [9.17, 15) is 0 Å². The minimum absolute atomic E-state index is 0.470. The molecule has 0 aliphatic rings. The van der Waals surface area contributed by atoms with E-state index in [0.29, 0.717) is 18.5 Å². The van der Waals surface area contributed by atoms with Gasteiger partial charge >= 0.3 is 0 Å². The van der Waals surface area contributed by atoms with Crippen LogP contribution in [0.5, 0.6) is 0 Å². The molecule has 2 aromatic heterocycles. The number of thiazole rings is 1. The van der Waals surface area contributed by atoms with E-state index in [4.69, 9.17) is 9.40 Å². The Morgan fingerprint density at radius 3 is 2.48 bits per heavy atom. The van der Waals surface area contributed by atoms with Crippen LogP contribution in [0.15, 0.2) is 82.6 Å². The normalized spacial score (nSPS) is 11.3. The average Bonchev–Trinajstić information content (AvgIpc) is 3.45. The van der Waals surface area contributed by atoms with Gasteiger partial charge in [-0.25, -0.2) is 4.98 Å². The van der Waals surface area contributed by atoms with Gasteiger partial charge in [-0.05, 0) is 29.2 Å². The lowest BCUT2D eigenvalue weighted by molar-refractivity contribution is 0.614. The van der Waals surface area contributed by atoms with Crippen LogP contribution in [0.3, 0.4) is 0 Å². The summed E-state index contributed by atoms with van der Waals surface area (Å²) in [5.41, 5.74) is 7.41. The molecule has 0 aliphatic heterocycles. The van der Waals surface area contributed by atoms with Crippen LogP contribution in [-0.2, 0) is 6.54 Å². The number of benzene rings is 3. The zero-order valence-corrected chi connectivity index (χ0v) is 18.3. The maximum Gasteiger partial charge on any atom is 0.295 e. The Hall–Kier alpha value is -3.44. The van der Waals surface area contributed by atoms with E-state index in [2.05, 4.69) is 78.1 Å². The summed E-state index contributed by atoms with van der Waals surface area (Å²) in [5, 5.41) is 6.43. The van der Waals surface area contributed by atoms with Crippen molar-refractivity contribution in [2.24, 2.45) is 0 Å². The Balaban J connectivity index is 1.27. The molecular formula is C26H23N3OS. The van der Waals surface area contributed by atoms with Gasteiger partial charge in [0.05, 0.1) is 5.69 Å².